The Hall–Kier alpha value is -1.40. The third-order valence-corrected chi connectivity index (χ3v) is 5.71. The minimum absolute atomic E-state index is 0.970. The van der Waals surface area contributed by atoms with Crippen LogP contribution in [0, 0.1) is 0 Å². The van der Waals surface area contributed by atoms with Crippen LogP contribution in [0.25, 0.3) is 10.2 Å². The molecular weight excluding hydrogens is 276 g/mol. The lowest BCUT2D eigenvalue weighted by molar-refractivity contribution is 0.789. The van der Waals surface area contributed by atoms with Gasteiger partial charge in [-0.15, -0.1) is 11.3 Å². The number of hydrogen-bond donors (Lipinski definition) is 0. The van der Waals surface area contributed by atoms with Crippen LogP contribution >= 0.6 is 23.1 Å². The van der Waals surface area contributed by atoms with Gasteiger partial charge in [-0.05, 0) is 36.6 Å². The summed E-state index contributed by atoms with van der Waals surface area (Å²) in [6.07, 6.45) is 9.06. The van der Waals surface area contributed by atoms with Crippen LogP contribution in [-0.4, -0.2) is 19.5 Å². The van der Waals surface area contributed by atoms with Crippen molar-refractivity contribution >= 4 is 33.3 Å². The van der Waals surface area contributed by atoms with E-state index in [2.05, 4.69) is 15.0 Å². The predicted octanol–water partition coefficient (Wildman–Crippen LogP) is 3.06. The Morgan fingerprint density at radius 3 is 3.05 bits per heavy atom. The second-order valence-corrected chi connectivity index (χ2v) is 6.68. The van der Waals surface area contributed by atoms with Gasteiger partial charge in [0.05, 0.1) is 0 Å². The van der Waals surface area contributed by atoms with Crippen LogP contribution in [0.3, 0.4) is 0 Å². The van der Waals surface area contributed by atoms with Crippen LogP contribution in [0.4, 0.5) is 0 Å². The van der Waals surface area contributed by atoms with E-state index in [4.69, 9.17) is 0 Å². The van der Waals surface area contributed by atoms with Crippen molar-refractivity contribution in [3.8, 4) is 0 Å². The molecule has 0 saturated heterocycles. The molecule has 0 atom stereocenters. The van der Waals surface area contributed by atoms with Crippen molar-refractivity contribution in [1.29, 1.82) is 0 Å². The molecule has 1 aliphatic rings. The molecule has 19 heavy (non-hydrogen) atoms. The summed E-state index contributed by atoms with van der Waals surface area (Å²) in [6.45, 7) is 0. The zero-order valence-corrected chi connectivity index (χ0v) is 12.1. The third-order valence-electron chi connectivity index (χ3n) is 3.43. The summed E-state index contributed by atoms with van der Waals surface area (Å²) in [6, 6.07) is 0. The molecule has 4 rings (SSSR count). The first kappa shape index (κ1) is 11.4. The highest BCUT2D eigenvalue weighted by Crippen LogP contribution is 2.41. The molecule has 6 heteroatoms. The molecule has 96 valence electrons. The third kappa shape index (κ3) is 1.78. The molecule has 0 unspecified atom stereocenters. The second kappa shape index (κ2) is 4.31. The van der Waals surface area contributed by atoms with Crippen molar-refractivity contribution in [3.05, 3.63) is 29.2 Å². The lowest BCUT2D eigenvalue weighted by Crippen LogP contribution is -1.91. The SMILES string of the molecule is Cn1ccnc1Sc1ncnc2sc3c(c12)CCC3. The fraction of sp³-hybridized carbons (Fsp3) is 0.308. The number of imidazole rings is 1. The molecule has 0 aromatic carbocycles. The zero-order valence-electron chi connectivity index (χ0n) is 10.5. The van der Waals surface area contributed by atoms with Gasteiger partial charge in [-0.2, -0.15) is 0 Å². The molecule has 0 amide bonds. The lowest BCUT2D eigenvalue weighted by atomic mass is 10.2. The minimum atomic E-state index is 0.970. The van der Waals surface area contributed by atoms with E-state index in [-0.39, 0.29) is 0 Å². The topological polar surface area (TPSA) is 43.6 Å². The highest BCUT2D eigenvalue weighted by molar-refractivity contribution is 7.99. The van der Waals surface area contributed by atoms with Gasteiger partial charge in [0.2, 0.25) is 0 Å². The summed E-state index contributed by atoms with van der Waals surface area (Å²) in [5.41, 5.74) is 1.47. The second-order valence-electron chi connectivity index (χ2n) is 4.64. The molecule has 4 nitrogen and oxygen atoms in total. The number of aryl methyl sites for hydroxylation is 3. The molecule has 3 heterocycles. The molecule has 1 aliphatic carbocycles. The van der Waals surface area contributed by atoms with E-state index < -0.39 is 0 Å². The van der Waals surface area contributed by atoms with Crippen molar-refractivity contribution in [3.63, 3.8) is 0 Å². The first-order valence-corrected chi connectivity index (χ1v) is 7.86. The van der Waals surface area contributed by atoms with Crippen molar-refractivity contribution in [2.75, 3.05) is 0 Å². The van der Waals surface area contributed by atoms with Crippen LogP contribution in [0.15, 0.2) is 28.9 Å². The molecule has 0 spiro atoms. The fourth-order valence-corrected chi connectivity index (χ4v) is 4.72. The standard InChI is InChI=1S/C13H12N4S2/c1-17-6-5-14-13(17)19-12-10-8-3-2-4-9(8)18-11(10)15-7-16-12/h5-7H,2-4H2,1H3. The molecule has 0 N–H and O–H groups in total. The van der Waals surface area contributed by atoms with Gasteiger partial charge in [-0.3, -0.25) is 0 Å². The number of rotatable bonds is 2. The Morgan fingerprint density at radius 2 is 2.21 bits per heavy atom. The van der Waals surface area contributed by atoms with Crippen LogP contribution in [0.1, 0.15) is 16.9 Å². The summed E-state index contributed by atoms with van der Waals surface area (Å²) in [7, 11) is 2.01. The van der Waals surface area contributed by atoms with Gasteiger partial charge < -0.3 is 4.57 Å². The van der Waals surface area contributed by atoms with Gasteiger partial charge in [-0.1, -0.05) is 0 Å². The van der Waals surface area contributed by atoms with Crippen LogP contribution in [-0.2, 0) is 19.9 Å². The molecule has 0 saturated carbocycles. The number of hydrogen-bond acceptors (Lipinski definition) is 5. The minimum Gasteiger partial charge on any atom is -0.329 e. The Morgan fingerprint density at radius 1 is 1.26 bits per heavy atom. The van der Waals surface area contributed by atoms with E-state index >= 15 is 0 Å². The average molecular weight is 288 g/mol. The highest BCUT2D eigenvalue weighted by atomic mass is 32.2. The van der Waals surface area contributed by atoms with Crippen molar-refractivity contribution in [2.45, 2.75) is 29.4 Å². The van der Waals surface area contributed by atoms with Crippen molar-refractivity contribution in [2.24, 2.45) is 7.05 Å². The molecule has 0 aliphatic heterocycles. The highest BCUT2D eigenvalue weighted by Gasteiger charge is 2.21. The maximum absolute atomic E-state index is 4.48. The fourth-order valence-electron chi connectivity index (χ4n) is 2.51. The van der Waals surface area contributed by atoms with E-state index in [0.717, 1.165) is 21.4 Å². The molecular formula is C13H12N4S2. The van der Waals surface area contributed by atoms with Gasteiger partial charge in [0.15, 0.2) is 5.16 Å². The largest absolute Gasteiger partial charge is 0.329 e. The van der Waals surface area contributed by atoms with Crippen LogP contribution < -0.4 is 0 Å². The zero-order chi connectivity index (χ0) is 12.8. The van der Waals surface area contributed by atoms with Gasteiger partial charge in [0.1, 0.15) is 16.2 Å². The normalized spacial score (nSPS) is 14.2. The van der Waals surface area contributed by atoms with Crippen molar-refractivity contribution < 1.29 is 0 Å². The van der Waals surface area contributed by atoms with Gasteiger partial charge in [-0.25, -0.2) is 15.0 Å². The van der Waals surface area contributed by atoms with Crippen LogP contribution in [0.5, 0.6) is 0 Å². The molecule has 3 aromatic rings. The molecule has 0 bridgehead atoms. The number of aromatic nitrogens is 4. The summed E-state index contributed by atoms with van der Waals surface area (Å²) in [4.78, 5) is 15.9. The Kier molecular flexibility index (Phi) is 2.60. The maximum atomic E-state index is 4.48. The smallest absolute Gasteiger partial charge is 0.174 e. The van der Waals surface area contributed by atoms with Gasteiger partial charge >= 0.3 is 0 Å². The first-order chi connectivity index (χ1) is 9.33. The van der Waals surface area contributed by atoms with E-state index in [1.165, 1.54) is 28.7 Å². The maximum Gasteiger partial charge on any atom is 0.174 e. The molecule has 0 radical (unpaired) electrons. The molecule has 3 aromatic heterocycles. The van der Waals surface area contributed by atoms with E-state index in [1.54, 1.807) is 18.1 Å². The van der Waals surface area contributed by atoms with E-state index in [9.17, 15) is 0 Å². The first-order valence-electron chi connectivity index (χ1n) is 6.23. The summed E-state index contributed by atoms with van der Waals surface area (Å²) in [5, 5.41) is 3.27. The number of nitrogens with zero attached hydrogens (tertiary/aromatic N) is 4. The lowest BCUT2D eigenvalue weighted by Gasteiger charge is -2.03. The number of fused-ring (bicyclic) bond motifs is 3. The van der Waals surface area contributed by atoms with Gasteiger partial charge in [0, 0.05) is 29.7 Å². The van der Waals surface area contributed by atoms with E-state index in [1.807, 2.05) is 35.3 Å². The quantitative estimate of drug-likeness (QED) is 0.680. The van der Waals surface area contributed by atoms with Gasteiger partial charge in [0.25, 0.3) is 0 Å². The summed E-state index contributed by atoms with van der Waals surface area (Å²) >= 11 is 3.45. The monoisotopic (exact) mass is 288 g/mol. The molecule has 0 fully saturated rings. The van der Waals surface area contributed by atoms with Crippen molar-refractivity contribution in [1.82, 2.24) is 19.5 Å². The predicted molar refractivity (Wildman–Crippen MR) is 76.8 cm³/mol. The van der Waals surface area contributed by atoms with E-state index in [0.29, 0.717) is 0 Å². The Balaban J connectivity index is 1.88. The average Bonchev–Trinajstić information content (AvgIpc) is 3.06. The van der Waals surface area contributed by atoms with Crippen LogP contribution in [0.2, 0.25) is 0 Å². The number of thiophene rings is 1. The Labute approximate surface area is 118 Å². The summed E-state index contributed by atoms with van der Waals surface area (Å²) in [5.74, 6) is 0. The Bertz CT molecular complexity index is 759. The summed E-state index contributed by atoms with van der Waals surface area (Å²) < 4.78 is 2.02.